The molecule has 0 saturated carbocycles. The van der Waals surface area contributed by atoms with Gasteiger partial charge in [0.05, 0.1) is 79.3 Å². The lowest BCUT2D eigenvalue weighted by Crippen LogP contribution is -2.14. The molecule has 0 unspecified atom stereocenters. The number of nitrogens with zero attached hydrogens (tertiary/aromatic N) is 3. The molecule has 0 aromatic heterocycles. The molecular weight excluding hydrogens is 334 g/mol. The molecule has 0 aromatic carbocycles. The molecule has 0 bridgehead atoms. The van der Waals surface area contributed by atoms with E-state index >= 15 is 0 Å². The quantitative estimate of drug-likeness (QED) is 0.0979. The Kier molecular flexibility index (Phi) is 21.6. The van der Waals surface area contributed by atoms with Crippen LogP contribution in [-0.4, -0.2) is 92.1 Å². The van der Waals surface area contributed by atoms with Crippen molar-refractivity contribution in [1.82, 2.24) is 0 Å². The fourth-order valence-corrected chi connectivity index (χ4v) is 1.48. The minimum atomic E-state index is 0.333. The molecule has 0 fully saturated rings. The van der Waals surface area contributed by atoms with Crippen LogP contribution in [0.3, 0.4) is 0 Å². The lowest BCUT2D eigenvalue weighted by molar-refractivity contribution is -0.108. The van der Waals surface area contributed by atoms with Gasteiger partial charge in [-0.25, -0.2) is 0 Å². The van der Waals surface area contributed by atoms with Gasteiger partial charge >= 0.3 is 0 Å². The molecule has 0 spiro atoms. The third-order valence-electron chi connectivity index (χ3n) is 2.64. The summed E-state index contributed by atoms with van der Waals surface area (Å²) in [6, 6.07) is 0. The van der Waals surface area contributed by atoms with Crippen LogP contribution in [0.5, 0.6) is 0 Å². The predicted molar refractivity (Wildman–Crippen MR) is 89.6 cm³/mol. The maximum atomic E-state index is 10.0. The number of hydrogen-bond acceptors (Lipinski definition) is 8. The molecule has 0 aromatic rings. The lowest BCUT2D eigenvalue weighted by atomic mass is 10.5. The molecule has 10 nitrogen and oxygen atoms in total. The fourth-order valence-electron chi connectivity index (χ4n) is 1.48. The van der Waals surface area contributed by atoms with E-state index in [0.717, 1.165) is 6.29 Å². The lowest BCUT2D eigenvalue weighted by Gasteiger charge is -2.08. The van der Waals surface area contributed by atoms with Crippen LogP contribution in [0.25, 0.3) is 10.4 Å². The van der Waals surface area contributed by atoms with Crippen molar-refractivity contribution >= 4 is 6.29 Å². The maximum Gasteiger partial charge on any atom is 0.122 e. The van der Waals surface area contributed by atoms with Crippen molar-refractivity contribution in [2.75, 3.05) is 85.8 Å². The smallest absolute Gasteiger partial charge is 0.122 e. The summed E-state index contributed by atoms with van der Waals surface area (Å²) < 4.78 is 31.6. The van der Waals surface area contributed by atoms with Crippen molar-refractivity contribution < 1.29 is 33.2 Å². The Morgan fingerprint density at radius 2 is 1.00 bits per heavy atom. The number of ether oxygens (including phenoxy) is 6. The number of carbonyl (C=O) groups excluding carboxylic acids is 1. The number of rotatable bonds is 21. The fraction of sp³-hybridized carbons (Fsp3) is 0.933. The van der Waals surface area contributed by atoms with Gasteiger partial charge in [-0.3, -0.25) is 0 Å². The average Bonchev–Trinajstić information content (AvgIpc) is 2.63. The van der Waals surface area contributed by atoms with Gasteiger partial charge in [-0.15, -0.1) is 0 Å². The van der Waals surface area contributed by atoms with Crippen LogP contribution in [0.4, 0.5) is 0 Å². The van der Waals surface area contributed by atoms with E-state index < -0.39 is 0 Å². The first kappa shape index (κ1) is 23.7. The number of hydrogen-bond donors (Lipinski definition) is 0. The van der Waals surface area contributed by atoms with Crippen molar-refractivity contribution in [3.8, 4) is 0 Å². The molecule has 0 amide bonds. The van der Waals surface area contributed by atoms with E-state index in [2.05, 4.69) is 10.0 Å². The Balaban J connectivity index is 2.98. The summed E-state index contributed by atoms with van der Waals surface area (Å²) in [6.07, 6.45) is 1.24. The van der Waals surface area contributed by atoms with Gasteiger partial charge < -0.3 is 33.2 Å². The second kappa shape index (κ2) is 22.7. The number of aldehydes is 1. The molecule has 0 saturated heterocycles. The largest absolute Gasteiger partial charge is 0.379 e. The van der Waals surface area contributed by atoms with Crippen molar-refractivity contribution in [3.63, 3.8) is 0 Å². The monoisotopic (exact) mass is 363 g/mol. The highest BCUT2D eigenvalue weighted by Crippen LogP contribution is 1.85. The molecule has 0 aliphatic heterocycles. The predicted octanol–water partition coefficient (Wildman–Crippen LogP) is 0.985. The first-order valence-corrected chi connectivity index (χ1v) is 8.32. The standard InChI is InChI=1S/C15H29N3O7/c16-18-17-2-5-21-7-9-23-11-13-25-15-14-24-12-10-22-8-6-20-4-1-3-19/h3H,1-2,4-15H2. The third kappa shape index (κ3) is 22.7. The molecule has 0 aliphatic rings. The Labute approximate surface area is 148 Å². The van der Waals surface area contributed by atoms with Crippen LogP contribution in [0.1, 0.15) is 6.42 Å². The normalized spacial score (nSPS) is 10.6. The van der Waals surface area contributed by atoms with Gasteiger partial charge in [0, 0.05) is 17.9 Å². The summed E-state index contributed by atoms with van der Waals surface area (Å²) in [4.78, 5) is 12.7. The molecular formula is C15H29N3O7. The van der Waals surface area contributed by atoms with Crippen LogP contribution >= 0.6 is 0 Å². The van der Waals surface area contributed by atoms with Crippen LogP contribution in [0.15, 0.2) is 5.11 Å². The maximum absolute atomic E-state index is 10.0. The van der Waals surface area contributed by atoms with E-state index in [1.54, 1.807) is 0 Å². The second-order valence-corrected chi connectivity index (χ2v) is 4.58. The molecule has 25 heavy (non-hydrogen) atoms. The van der Waals surface area contributed by atoms with Crippen molar-refractivity contribution in [2.24, 2.45) is 5.11 Å². The van der Waals surface area contributed by atoms with Crippen molar-refractivity contribution in [2.45, 2.75) is 6.42 Å². The first-order chi connectivity index (χ1) is 12.4. The van der Waals surface area contributed by atoms with E-state index in [9.17, 15) is 4.79 Å². The summed E-state index contributed by atoms with van der Waals surface area (Å²) in [7, 11) is 0. The Hall–Kier alpha value is -1.26. The highest BCUT2D eigenvalue weighted by molar-refractivity contribution is 5.49. The summed E-state index contributed by atoms with van der Waals surface area (Å²) >= 11 is 0. The molecule has 0 atom stereocenters. The molecule has 0 N–H and O–H groups in total. The summed E-state index contributed by atoms with van der Waals surface area (Å²) in [5.41, 5.74) is 8.06. The van der Waals surface area contributed by atoms with Gasteiger partial charge in [0.1, 0.15) is 6.29 Å². The van der Waals surface area contributed by atoms with E-state index in [0.29, 0.717) is 92.2 Å². The van der Waals surface area contributed by atoms with Gasteiger partial charge in [0.25, 0.3) is 0 Å². The van der Waals surface area contributed by atoms with Gasteiger partial charge in [-0.05, 0) is 5.53 Å². The van der Waals surface area contributed by atoms with Gasteiger partial charge in [-0.1, -0.05) is 5.11 Å². The van der Waals surface area contributed by atoms with E-state index in [-0.39, 0.29) is 0 Å². The third-order valence-corrected chi connectivity index (χ3v) is 2.64. The Morgan fingerprint density at radius 3 is 1.36 bits per heavy atom. The minimum absolute atomic E-state index is 0.333. The highest BCUT2D eigenvalue weighted by atomic mass is 16.6. The first-order valence-electron chi connectivity index (χ1n) is 8.32. The van der Waals surface area contributed by atoms with Crippen molar-refractivity contribution in [3.05, 3.63) is 10.4 Å². The Morgan fingerprint density at radius 1 is 0.640 bits per heavy atom. The molecule has 146 valence electrons. The second-order valence-electron chi connectivity index (χ2n) is 4.58. The zero-order valence-electron chi connectivity index (χ0n) is 14.7. The summed E-state index contributed by atoms with van der Waals surface area (Å²) in [5.74, 6) is 0. The highest BCUT2D eigenvalue weighted by Gasteiger charge is 1.94. The van der Waals surface area contributed by atoms with E-state index in [4.69, 9.17) is 34.0 Å². The molecule has 0 rings (SSSR count). The summed E-state index contributed by atoms with van der Waals surface area (Å²) in [5, 5.41) is 3.35. The van der Waals surface area contributed by atoms with Crippen LogP contribution in [-0.2, 0) is 33.2 Å². The SMILES string of the molecule is [N-]=[N+]=NCCOCCOCCOCCOCCOCCOCCC=O. The molecule has 0 heterocycles. The molecule has 0 aliphatic carbocycles. The van der Waals surface area contributed by atoms with Gasteiger partial charge in [0.15, 0.2) is 0 Å². The Bertz CT molecular complexity index is 328. The molecule has 10 heteroatoms. The minimum Gasteiger partial charge on any atom is -0.379 e. The van der Waals surface area contributed by atoms with E-state index in [1.165, 1.54) is 0 Å². The van der Waals surface area contributed by atoms with Gasteiger partial charge in [-0.2, -0.15) is 0 Å². The summed E-state index contributed by atoms with van der Waals surface area (Å²) in [6.45, 7) is 6.08. The number of carbonyl (C=O) groups is 1. The zero-order valence-corrected chi connectivity index (χ0v) is 14.7. The van der Waals surface area contributed by atoms with Crippen LogP contribution in [0.2, 0.25) is 0 Å². The average molecular weight is 363 g/mol. The van der Waals surface area contributed by atoms with E-state index in [1.807, 2.05) is 0 Å². The van der Waals surface area contributed by atoms with Crippen LogP contribution in [0, 0.1) is 0 Å². The van der Waals surface area contributed by atoms with Crippen LogP contribution < -0.4 is 0 Å². The number of azide groups is 1. The van der Waals surface area contributed by atoms with Gasteiger partial charge in [0.2, 0.25) is 0 Å². The van der Waals surface area contributed by atoms with Crippen molar-refractivity contribution in [1.29, 1.82) is 0 Å². The topological polar surface area (TPSA) is 121 Å². The zero-order chi connectivity index (χ0) is 18.3. The molecule has 0 radical (unpaired) electrons.